The van der Waals surface area contributed by atoms with E-state index in [1.54, 1.807) is 0 Å². The lowest BCUT2D eigenvalue weighted by atomic mass is 10.0. The molecule has 0 aliphatic carbocycles. The van der Waals surface area contributed by atoms with E-state index in [4.69, 9.17) is 5.84 Å². The van der Waals surface area contributed by atoms with Crippen molar-refractivity contribution >= 4 is 23.4 Å². The van der Waals surface area contributed by atoms with Crippen LogP contribution < -0.4 is 11.2 Å². The molecule has 3 N–H and O–H groups in total. The normalized spacial score (nSPS) is 10.9. The number of carbonyl (C=O) groups excluding carboxylic acids is 1. The second-order valence-electron chi connectivity index (χ2n) is 6.16. The summed E-state index contributed by atoms with van der Waals surface area (Å²) in [6.45, 7) is 4.27. The van der Waals surface area contributed by atoms with Crippen LogP contribution in [-0.4, -0.2) is 26.5 Å². The predicted octanol–water partition coefficient (Wildman–Crippen LogP) is 3.51. The number of amides is 1. The largest absolute Gasteiger partial charge is 0.335 e. The molecule has 0 atom stereocenters. The summed E-state index contributed by atoms with van der Waals surface area (Å²) < 4.78 is 1.41. The van der Waals surface area contributed by atoms with Crippen molar-refractivity contribution in [3.63, 3.8) is 0 Å². The van der Waals surface area contributed by atoms with Gasteiger partial charge in [0.15, 0.2) is 5.82 Å². The van der Waals surface area contributed by atoms with Crippen LogP contribution in [0.4, 0.5) is 5.69 Å². The molecule has 0 aliphatic rings. The Hall–Kier alpha value is -2.80. The van der Waals surface area contributed by atoms with Crippen LogP contribution in [-0.2, 0) is 4.79 Å². The molecule has 1 amide bonds. The van der Waals surface area contributed by atoms with Crippen molar-refractivity contribution < 1.29 is 4.79 Å². The van der Waals surface area contributed by atoms with E-state index < -0.39 is 0 Å². The van der Waals surface area contributed by atoms with Gasteiger partial charge in [0.05, 0.1) is 5.75 Å². The number of hydrogen-bond acceptors (Lipinski definition) is 5. The summed E-state index contributed by atoms with van der Waals surface area (Å²) in [7, 11) is 0. The van der Waals surface area contributed by atoms with Gasteiger partial charge in [-0.15, -0.1) is 10.2 Å². The molecule has 0 radical (unpaired) electrons. The smallest absolute Gasteiger partial charge is 0.234 e. The van der Waals surface area contributed by atoms with E-state index in [0.717, 1.165) is 11.3 Å². The van der Waals surface area contributed by atoms with Gasteiger partial charge in [-0.25, -0.2) is 4.68 Å². The maximum atomic E-state index is 12.2. The standard InChI is InChI=1S/C19H21N5OS/c1-13(2)14-8-10-16(11-9-14)21-17(25)12-26-19-23-22-18(24(19)20)15-6-4-3-5-7-15/h3-11,13H,12,20H2,1-2H3,(H,21,25). The second kappa shape index (κ2) is 8.05. The molecule has 0 fully saturated rings. The third kappa shape index (κ3) is 4.23. The van der Waals surface area contributed by atoms with E-state index in [1.165, 1.54) is 22.0 Å². The molecule has 3 aromatic rings. The molecule has 0 saturated heterocycles. The number of nitrogens with one attached hydrogen (secondary N) is 1. The molecule has 7 heteroatoms. The Morgan fingerprint density at radius 1 is 1.12 bits per heavy atom. The molecular formula is C19H21N5OS. The molecule has 3 rings (SSSR count). The van der Waals surface area contributed by atoms with Crippen molar-refractivity contribution in [2.75, 3.05) is 16.9 Å². The van der Waals surface area contributed by atoms with E-state index in [-0.39, 0.29) is 11.7 Å². The molecule has 134 valence electrons. The third-order valence-corrected chi connectivity index (χ3v) is 4.83. The highest BCUT2D eigenvalue weighted by molar-refractivity contribution is 7.99. The van der Waals surface area contributed by atoms with Crippen LogP contribution in [0.15, 0.2) is 59.8 Å². The fourth-order valence-electron chi connectivity index (χ4n) is 2.44. The number of carbonyl (C=O) groups is 1. The van der Waals surface area contributed by atoms with Crippen LogP contribution in [0.2, 0.25) is 0 Å². The highest BCUT2D eigenvalue weighted by Crippen LogP contribution is 2.22. The molecule has 1 heterocycles. The number of nitrogens with zero attached hydrogens (tertiary/aromatic N) is 3. The highest BCUT2D eigenvalue weighted by atomic mass is 32.2. The number of aromatic nitrogens is 3. The minimum atomic E-state index is -0.114. The van der Waals surface area contributed by atoms with Crippen molar-refractivity contribution in [3.8, 4) is 11.4 Å². The monoisotopic (exact) mass is 367 g/mol. The highest BCUT2D eigenvalue weighted by Gasteiger charge is 2.13. The number of benzene rings is 2. The number of thioether (sulfide) groups is 1. The average molecular weight is 367 g/mol. The summed E-state index contributed by atoms with van der Waals surface area (Å²) in [5.41, 5.74) is 2.89. The fourth-order valence-corrected chi connectivity index (χ4v) is 3.09. The van der Waals surface area contributed by atoms with Crippen LogP contribution in [0.1, 0.15) is 25.3 Å². The molecule has 0 aliphatic heterocycles. The Balaban J connectivity index is 1.59. The van der Waals surface area contributed by atoms with Crippen LogP contribution in [0.5, 0.6) is 0 Å². The molecule has 0 bridgehead atoms. The Labute approximate surface area is 156 Å². The Morgan fingerprint density at radius 2 is 1.81 bits per heavy atom. The number of hydrogen-bond donors (Lipinski definition) is 2. The van der Waals surface area contributed by atoms with Crippen molar-refractivity contribution in [1.82, 2.24) is 14.9 Å². The molecule has 0 saturated carbocycles. The summed E-state index contributed by atoms with van der Waals surface area (Å²) in [4.78, 5) is 12.2. The number of rotatable bonds is 6. The zero-order valence-corrected chi connectivity index (χ0v) is 15.5. The Bertz CT molecular complexity index is 875. The molecule has 26 heavy (non-hydrogen) atoms. The lowest BCUT2D eigenvalue weighted by Crippen LogP contribution is -2.16. The van der Waals surface area contributed by atoms with Gasteiger partial charge in [0, 0.05) is 11.3 Å². The van der Waals surface area contributed by atoms with E-state index in [2.05, 4.69) is 29.4 Å². The van der Waals surface area contributed by atoms with Crippen molar-refractivity contribution in [3.05, 3.63) is 60.2 Å². The molecule has 2 aromatic carbocycles. The van der Waals surface area contributed by atoms with Gasteiger partial charge in [-0.05, 0) is 23.6 Å². The molecule has 1 aromatic heterocycles. The first kappa shape index (κ1) is 18.0. The van der Waals surface area contributed by atoms with Gasteiger partial charge in [0.2, 0.25) is 11.1 Å². The van der Waals surface area contributed by atoms with Gasteiger partial charge in [0.1, 0.15) is 0 Å². The SMILES string of the molecule is CC(C)c1ccc(NC(=O)CSc2nnc(-c3ccccc3)n2N)cc1. The van der Waals surface area contributed by atoms with E-state index >= 15 is 0 Å². The zero-order valence-electron chi connectivity index (χ0n) is 14.7. The van der Waals surface area contributed by atoms with Gasteiger partial charge in [-0.1, -0.05) is 68.1 Å². The summed E-state index contributed by atoms with van der Waals surface area (Å²) in [5, 5.41) is 11.6. The van der Waals surface area contributed by atoms with Crippen LogP contribution in [0.3, 0.4) is 0 Å². The van der Waals surface area contributed by atoms with Crippen molar-refractivity contribution in [2.45, 2.75) is 24.9 Å². The van der Waals surface area contributed by atoms with Crippen LogP contribution >= 0.6 is 11.8 Å². The number of nitrogens with two attached hydrogens (primary N) is 1. The minimum absolute atomic E-state index is 0.114. The topological polar surface area (TPSA) is 85.8 Å². The summed E-state index contributed by atoms with van der Waals surface area (Å²) in [6.07, 6.45) is 0. The fraction of sp³-hybridized carbons (Fsp3) is 0.211. The minimum Gasteiger partial charge on any atom is -0.335 e. The maximum Gasteiger partial charge on any atom is 0.234 e. The summed E-state index contributed by atoms with van der Waals surface area (Å²) >= 11 is 1.25. The first-order chi connectivity index (χ1) is 12.5. The Kier molecular flexibility index (Phi) is 5.58. The predicted molar refractivity (Wildman–Crippen MR) is 105 cm³/mol. The van der Waals surface area contributed by atoms with Crippen molar-refractivity contribution in [2.24, 2.45) is 0 Å². The molecule has 0 spiro atoms. The van der Waals surface area contributed by atoms with Gasteiger partial charge >= 0.3 is 0 Å². The number of anilines is 1. The molecule has 6 nitrogen and oxygen atoms in total. The maximum absolute atomic E-state index is 12.2. The third-order valence-electron chi connectivity index (χ3n) is 3.89. The van der Waals surface area contributed by atoms with E-state index in [0.29, 0.717) is 16.9 Å². The first-order valence-corrected chi connectivity index (χ1v) is 9.31. The second-order valence-corrected chi connectivity index (χ2v) is 7.10. The van der Waals surface area contributed by atoms with E-state index in [1.807, 2.05) is 54.6 Å². The first-order valence-electron chi connectivity index (χ1n) is 8.33. The molecule has 0 unspecified atom stereocenters. The summed E-state index contributed by atoms with van der Waals surface area (Å²) in [5.74, 6) is 7.18. The average Bonchev–Trinajstić information content (AvgIpc) is 3.02. The van der Waals surface area contributed by atoms with Crippen LogP contribution in [0, 0.1) is 0 Å². The zero-order chi connectivity index (χ0) is 18.5. The number of nitrogen functional groups attached to an aromatic ring is 1. The van der Waals surface area contributed by atoms with Gasteiger partial charge < -0.3 is 11.2 Å². The molecular weight excluding hydrogens is 346 g/mol. The summed E-state index contributed by atoms with van der Waals surface area (Å²) in [6, 6.07) is 17.4. The lowest BCUT2D eigenvalue weighted by molar-refractivity contribution is -0.113. The van der Waals surface area contributed by atoms with Crippen molar-refractivity contribution in [1.29, 1.82) is 0 Å². The van der Waals surface area contributed by atoms with Gasteiger partial charge in [-0.3, -0.25) is 4.79 Å². The van der Waals surface area contributed by atoms with Crippen LogP contribution in [0.25, 0.3) is 11.4 Å². The lowest BCUT2D eigenvalue weighted by Gasteiger charge is -2.08. The van der Waals surface area contributed by atoms with E-state index in [9.17, 15) is 4.79 Å². The van der Waals surface area contributed by atoms with Gasteiger partial charge in [-0.2, -0.15) is 0 Å². The van der Waals surface area contributed by atoms with Gasteiger partial charge in [0.25, 0.3) is 0 Å². The Morgan fingerprint density at radius 3 is 2.46 bits per heavy atom. The quantitative estimate of drug-likeness (QED) is 0.514.